The number of piperazine rings is 1. The maximum absolute atomic E-state index is 13.1. The zero-order valence-electron chi connectivity index (χ0n) is 15.9. The number of H-pyrrole nitrogens is 1. The number of aromatic amines is 1. The molecule has 0 aliphatic carbocycles. The Morgan fingerprint density at radius 3 is 2.59 bits per heavy atom. The maximum atomic E-state index is 13.1. The van der Waals surface area contributed by atoms with Gasteiger partial charge in [-0.2, -0.15) is 5.10 Å². The number of benzene rings is 2. The van der Waals surface area contributed by atoms with Crippen LogP contribution in [0.15, 0.2) is 48.7 Å². The van der Waals surface area contributed by atoms with Crippen molar-refractivity contribution < 1.29 is 14.0 Å². The number of fused-ring (bicyclic) bond motifs is 1. The third-order valence-electron chi connectivity index (χ3n) is 5.17. The molecule has 0 bridgehead atoms. The molecular weight excluding hydrogens is 373 g/mol. The fraction of sp³-hybridized carbons (Fsp3) is 0.286. The Kier molecular flexibility index (Phi) is 5.41. The normalized spacial score (nSPS) is 14.2. The van der Waals surface area contributed by atoms with Crippen LogP contribution in [0.5, 0.6) is 0 Å². The van der Waals surface area contributed by atoms with Crippen LogP contribution in [-0.2, 0) is 4.79 Å². The summed E-state index contributed by atoms with van der Waals surface area (Å²) in [5.74, 6) is -0.467. The largest absolute Gasteiger partial charge is 0.368 e. The van der Waals surface area contributed by atoms with E-state index in [2.05, 4.69) is 20.4 Å². The number of nitrogens with zero attached hydrogens (tertiary/aromatic N) is 3. The van der Waals surface area contributed by atoms with E-state index in [1.165, 1.54) is 12.1 Å². The van der Waals surface area contributed by atoms with Gasteiger partial charge in [0.1, 0.15) is 5.82 Å². The topological polar surface area (TPSA) is 81.3 Å². The van der Waals surface area contributed by atoms with E-state index in [9.17, 15) is 14.0 Å². The monoisotopic (exact) mass is 395 g/mol. The molecule has 3 aromatic rings. The van der Waals surface area contributed by atoms with Gasteiger partial charge in [-0.05, 0) is 30.3 Å². The highest BCUT2D eigenvalue weighted by Gasteiger charge is 2.21. The second-order valence-electron chi connectivity index (χ2n) is 6.99. The van der Waals surface area contributed by atoms with Gasteiger partial charge in [-0.1, -0.05) is 12.1 Å². The van der Waals surface area contributed by atoms with E-state index in [0.717, 1.165) is 11.1 Å². The van der Waals surface area contributed by atoms with Crippen molar-refractivity contribution in [2.24, 2.45) is 0 Å². The molecular formula is C21H22FN5O2. The molecule has 2 amide bonds. The van der Waals surface area contributed by atoms with E-state index < -0.39 is 0 Å². The smallest absolute Gasteiger partial charge is 0.253 e. The highest BCUT2D eigenvalue weighted by molar-refractivity contribution is 6.05. The van der Waals surface area contributed by atoms with Gasteiger partial charge in [-0.15, -0.1) is 0 Å². The zero-order valence-corrected chi connectivity index (χ0v) is 15.9. The molecule has 0 atom stereocenters. The predicted octanol–water partition coefficient (Wildman–Crippen LogP) is 2.17. The predicted molar refractivity (Wildman–Crippen MR) is 108 cm³/mol. The molecule has 0 radical (unpaired) electrons. The van der Waals surface area contributed by atoms with Crippen molar-refractivity contribution in [1.82, 2.24) is 20.4 Å². The molecule has 2 heterocycles. The molecule has 2 aromatic carbocycles. The summed E-state index contributed by atoms with van der Waals surface area (Å²) in [7, 11) is 0. The van der Waals surface area contributed by atoms with Gasteiger partial charge in [0.25, 0.3) is 5.91 Å². The first kappa shape index (κ1) is 18.9. The molecule has 8 heteroatoms. The highest BCUT2D eigenvalue weighted by atomic mass is 19.1. The first-order chi connectivity index (χ1) is 14.1. The summed E-state index contributed by atoms with van der Waals surface area (Å²) in [5, 5.41) is 10.5. The van der Waals surface area contributed by atoms with Crippen molar-refractivity contribution in [3.05, 3.63) is 60.0 Å². The van der Waals surface area contributed by atoms with E-state index in [1.54, 1.807) is 30.5 Å². The Morgan fingerprint density at radius 2 is 1.83 bits per heavy atom. The third-order valence-corrected chi connectivity index (χ3v) is 5.17. The van der Waals surface area contributed by atoms with Crippen LogP contribution < -0.4 is 10.2 Å². The van der Waals surface area contributed by atoms with Crippen molar-refractivity contribution in [2.45, 2.75) is 6.42 Å². The number of hydrogen-bond acceptors (Lipinski definition) is 4. The molecule has 2 N–H and O–H groups in total. The summed E-state index contributed by atoms with van der Waals surface area (Å²) in [5.41, 5.74) is 2.16. The number of para-hydroxylation sites is 1. The van der Waals surface area contributed by atoms with Gasteiger partial charge in [-0.25, -0.2) is 4.39 Å². The minimum atomic E-state index is -0.256. The van der Waals surface area contributed by atoms with Gasteiger partial charge in [0.2, 0.25) is 5.91 Å². The van der Waals surface area contributed by atoms with E-state index in [4.69, 9.17) is 0 Å². The summed E-state index contributed by atoms with van der Waals surface area (Å²) >= 11 is 0. The third kappa shape index (κ3) is 4.21. The van der Waals surface area contributed by atoms with Gasteiger partial charge in [0, 0.05) is 50.2 Å². The second kappa shape index (κ2) is 8.30. The molecule has 1 aliphatic heterocycles. The number of carbonyl (C=O) groups is 2. The lowest BCUT2D eigenvalue weighted by atomic mass is 10.1. The van der Waals surface area contributed by atoms with Crippen molar-refractivity contribution in [3.8, 4) is 0 Å². The zero-order chi connectivity index (χ0) is 20.2. The van der Waals surface area contributed by atoms with Gasteiger partial charge < -0.3 is 15.1 Å². The van der Waals surface area contributed by atoms with Crippen LogP contribution >= 0.6 is 0 Å². The van der Waals surface area contributed by atoms with Gasteiger partial charge in [-0.3, -0.25) is 14.7 Å². The fourth-order valence-corrected chi connectivity index (χ4v) is 3.56. The van der Waals surface area contributed by atoms with E-state index in [-0.39, 0.29) is 30.6 Å². The number of halogens is 1. The molecule has 1 aliphatic rings. The standard InChI is InChI=1S/C21H22FN5O2/c22-16-4-6-17(7-5-16)26-10-12-27(13-11-26)19(28)8-9-23-21(29)18-3-1-2-15-14-24-25-20(15)18/h1-7,14H,8-13H2,(H,23,29)(H,24,25). The van der Waals surface area contributed by atoms with Crippen LogP contribution in [0.4, 0.5) is 10.1 Å². The van der Waals surface area contributed by atoms with E-state index in [0.29, 0.717) is 37.3 Å². The number of nitrogens with one attached hydrogen (secondary N) is 2. The maximum Gasteiger partial charge on any atom is 0.253 e. The van der Waals surface area contributed by atoms with Gasteiger partial charge >= 0.3 is 0 Å². The van der Waals surface area contributed by atoms with Gasteiger partial charge in [0.15, 0.2) is 0 Å². The molecule has 150 valence electrons. The highest BCUT2D eigenvalue weighted by Crippen LogP contribution is 2.17. The lowest BCUT2D eigenvalue weighted by molar-refractivity contribution is -0.131. The summed E-state index contributed by atoms with van der Waals surface area (Å²) < 4.78 is 13.1. The van der Waals surface area contributed by atoms with Crippen molar-refractivity contribution in [1.29, 1.82) is 0 Å². The Hall–Kier alpha value is -3.42. The number of aromatic nitrogens is 2. The first-order valence-corrected chi connectivity index (χ1v) is 9.60. The summed E-state index contributed by atoms with van der Waals surface area (Å²) in [4.78, 5) is 28.8. The Morgan fingerprint density at radius 1 is 1.07 bits per heavy atom. The number of hydrogen-bond donors (Lipinski definition) is 2. The lowest BCUT2D eigenvalue weighted by Gasteiger charge is -2.36. The molecule has 0 spiro atoms. The minimum absolute atomic E-state index is 0.0174. The summed E-state index contributed by atoms with van der Waals surface area (Å²) in [6.07, 6.45) is 1.92. The van der Waals surface area contributed by atoms with Gasteiger partial charge in [0.05, 0.1) is 17.3 Å². The Balaban J connectivity index is 1.25. The van der Waals surface area contributed by atoms with Crippen molar-refractivity contribution in [3.63, 3.8) is 0 Å². The van der Waals surface area contributed by atoms with Crippen molar-refractivity contribution in [2.75, 3.05) is 37.6 Å². The molecule has 7 nitrogen and oxygen atoms in total. The van der Waals surface area contributed by atoms with Crippen LogP contribution in [0.25, 0.3) is 10.9 Å². The summed E-state index contributed by atoms with van der Waals surface area (Å²) in [6.45, 7) is 2.90. The first-order valence-electron chi connectivity index (χ1n) is 9.60. The SMILES string of the molecule is O=C(NCCC(=O)N1CCN(c2ccc(F)cc2)CC1)c1cccc2cn[nH]c12. The van der Waals surface area contributed by atoms with Crippen molar-refractivity contribution >= 4 is 28.4 Å². The average molecular weight is 395 g/mol. The Bertz CT molecular complexity index is 1010. The molecule has 1 saturated heterocycles. The van der Waals surface area contributed by atoms with E-state index >= 15 is 0 Å². The van der Waals surface area contributed by atoms with E-state index in [1.807, 2.05) is 11.0 Å². The van der Waals surface area contributed by atoms with Crippen LogP contribution in [-0.4, -0.2) is 59.6 Å². The number of rotatable bonds is 5. The number of anilines is 1. The molecule has 1 fully saturated rings. The fourth-order valence-electron chi connectivity index (χ4n) is 3.56. The van der Waals surface area contributed by atoms with Crippen LogP contribution in [0.1, 0.15) is 16.8 Å². The average Bonchev–Trinajstić information content (AvgIpc) is 3.23. The molecule has 0 unspecified atom stereocenters. The molecule has 29 heavy (non-hydrogen) atoms. The Labute approximate surface area is 167 Å². The van der Waals surface area contributed by atoms with Crippen LogP contribution in [0, 0.1) is 5.82 Å². The molecule has 1 aromatic heterocycles. The number of amides is 2. The number of carbonyl (C=O) groups excluding carboxylic acids is 2. The lowest BCUT2D eigenvalue weighted by Crippen LogP contribution is -2.49. The molecule has 4 rings (SSSR count). The van der Waals surface area contributed by atoms with Crippen LogP contribution in [0.3, 0.4) is 0 Å². The summed E-state index contributed by atoms with van der Waals surface area (Å²) in [6, 6.07) is 11.8. The van der Waals surface area contributed by atoms with Crippen LogP contribution in [0.2, 0.25) is 0 Å². The quantitative estimate of drug-likeness (QED) is 0.694. The second-order valence-corrected chi connectivity index (χ2v) is 6.99. The molecule has 0 saturated carbocycles. The minimum Gasteiger partial charge on any atom is -0.368 e.